The van der Waals surface area contributed by atoms with Gasteiger partial charge in [-0.15, -0.1) is 11.6 Å². The minimum atomic E-state index is -0.498. The summed E-state index contributed by atoms with van der Waals surface area (Å²) in [6.07, 6.45) is 0.417. The van der Waals surface area contributed by atoms with Crippen LogP contribution in [0.15, 0.2) is 48.5 Å². The zero-order valence-electron chi connectivity index (χ0n) is 9.92. The Morgan fingerprint density at radius 2 is 1.79 bits per heavy atom. The van der Waals surface area contributed by atoms with Crippen LogP contribution in [0.3, 0.4) is 0 Å². The first-order valence-corrected chi connectivity index (χ1v) is 6.13. The van der Waals surface area contributed by atoms with E-state index in [4.69, 9.17) is 11.6 Å². The summed E-state index contributed by atoms with van der Waals surface area (Å²) in [5.41, 5.74) is 1.29. The zero-order valence-corrected chi connectivity index (χ0v) is 10.7. The molecule has 98 valence electrons. The maximum atomic E-state index is 13.5. The molecule has 0 aromatic heterocycles. The van der Waals surface area contributed by atoms with Gasteiger partial charge in [0.05, 0.1) is 10.3 Å². The van der Waals surface area contributed by atoms with Gasteiger partial charge < -0.3 is 0 Å². The van der Waals surface area contributed by atoms with Crippen molar-refractivity contribution in [3.05, 3.63) is 75.6 Å². The summed E-state index contributed by atoms with van der Waals surface area (Å²) in [5.74, 6) is -0.343. The Morgan fingerprint density at radius 3 is 2.37 bits per heavy atom. The summed E-state index contributed by atoms with van der Waals surface area (Å²) >= 11 is 6.17. The van der Waals surface area contributed by atoms with Crippen LogP contribution in [0.4, 0.5) is 10.1 Å². The predicted molar refractivity (Wildman–Crippen MR) is 71.8 cm³/mol. The van der Waals surface area contributed by atoms with Crippen molar-refractivity contribution < 1.29 is 9.31 Å². The van der Waals surface area contributed by atoms with Gasteiger partial charge in [-0.2, -0.15) is 0 Å². The second kappa shape index (κ2) is 5.80. The lowest BCUT2D eigenvalue weighted by atomic mass is 10.0. The van der Waals surface area contributed by atoms with Crippen molar-refractivity contribution in [2.75, 3.05) is 0 Å². The van der Waals surface area contributed by atoms with E-state index in [0.717, 1.165) is 5.56 Å². The van der Waals surface area contributed by atoms with Crippen LogP contribution >= 0.6 is 11.6 Å². The van der Waals surface area contributed by atoms with Crippen LogP contribution in [-0.4, -0.2) is 4.92 Å². The first kappa shape index (κ1) is 13.5. The second-order valence-corrected chi connectivity index (χ2v) is 4.64. The summed E-state index contributed by atoms with van der Waals surface area (Å²) in [6, 6.07) is 12.4. The van der Waals surface area contributed by atoms with E-state index in [0.29, 0.717) is 12.0 Å². The van der Waals surface area contributed by atoms with Gasteiger partial charge in [0.2, 0.25) is 0 Å². The van der Waals surface area contributed by atoms with Crippen molar-refractivity contribution in [3.8, 4) is 0 Å². The zero-order chi connectivity index (χ0) is 13.8. The van der Waals surface area contributed by atoms with Gasteiger partial charge in [0, 0.05) is 17.7 Å². The average molecular weight is 280 g/mol. The van der Waals surface area contributed by atoms with E-state index < -0.39 is 10.3 Å². The van der Waals surface area contributed by atoms with Crippen LogP contribution in [0.5, 0.6) is 0 Å². The van der Waals surface area contributed by atoms with E-state index in [-0.39, 0.29) is 11.5 Å². The molecule has 0 spiro atoms. The Labute approximate surface area is 114 Å². The summed E-state index contributed by atoms with van der Waals surface area (Å²) < 4.78 is 13.5. The van der Waals surface area contributed by atoms with Crippen molar-refractivity contribution in [2.24, 2.45) is 0 Å². The molecule has 0 aliphatic carbocycles. The fourth-order valence-electron chi connectivity index (χ4n) is 1.80. The van der Waals surface area contributed by atoms with Crippen LogP contribution in [-0.2, 0) is 6.42 Å². The number of hydrogen-bond donors (Lipinski definition) is 0. The minimum Gasteiger partial charge on any atom is -0.258 e. The third-order valence-corrected chi connectivity index (χ3v) is 3.19. The standard InChI is InChI=1S/C14H11ClFNO2/c15-13(12-3-1-2-4-14(12)16)9-10-5-7-11(8-6-10)17(18)19/h1-8,13H,9H2. The number of nitrogens with zero attached hydrogens (tertiary/aromatic N) is 1. The molecule has 0 fully saturated rings. The molecule has 3 nitrogen and oxygen atoms in total. The molecule has 1 atom stereocenters. The van der Waals surface area contributed by atoms with Crippen molar-refractivity contribution >= 4 is 17.3 Å². The molecular formula is C14H11ClFNO2. The van der Waals surface area contributed by atoms with Crippen molar-refractivity contribution in [3.63, 3.8) is 0 Å². The highest BCUT2D eigenvalue weighted by Gasteiger charge is 2.13. The van der Waals surface area contributed by atoms with E-state index in [2.05, 4.69) is 0 Å². The van der Waals surface area contributed by atoms with Gasteiger partial charge >= 0.3 is 0 Å². The summed E-state index contributed by atoms with van der Waals surface area (Å²) in [7, 11) is 0. The largest absolute Gasteiger partial charge is 0.269 e. The molecule has 0 N–H and O–H groups in total. The lowest BCUT2D eigenvalue weighted by Gasteiger charge is -2.10. The Kier molecular flexibility index (Phi) is 4.12. The third-order valence-electron chi connectivity index (χ3n) is 2.80. The smallest absolute Gasteiger partial charge is 0.258 e. The molecule has 0 aliphatic heterocycles. The molecular weight excluding hydrogens is 269 g/mol. The number of hydrogen-bond acceptors (Lipinski definition) is 2. The number of nitro benzene ring substituents is 1. The number of nitro groups is 1. The van der Waals surface area contributed by atoms with E-state index in [1.807, 2.05) is 0 Å². The Balaban J connectivity index is 2.13. The van der Waals surface area contributed by atoms with Gasteiger partial charge in [0.15, 0.2) is 0 Å². The summed E-state index contributed by atoms with van der Waals surface area (Å²) in [4.78, 5) is 10.1. The molecule has 2 aromatic rings. The molecule has 19 heavy (non-hydrogen) atoms. The molecule has 0 saturated carbocycles. The van der Waals surface area contributed by atoms with Gasteiger partial charge in [0.25, 0.3) is 5.69 Å². The molecule has 0 aliphatic rings. The van der Waals surface area contributed by atoms with Gasteiger partial charge in [-0.3, -0.25) is 10.1 Å². The van der Waals surface area contributed by atoms with Gasteiger partial charge in [-0.05, 0) is 18.1 Å². The molecule has 0 bridgehead atoms. The van der Waals surface area contributed by atoms with Crippen molar-refractivity contribution in [1.29, 1.82) is 0 Å². The van der Waals surface area contributed by atoms with E-state index in [1.54, 1.807) is 30.3 Å². The molecule has 0 saturated heterocycles. The van der Waals surface area contributed by atoms with Gasteiger partial charge in [0.1, 0.15) is 5.82 Å². The number of benzene rings is 2. The summed E-state index contributed by atoms with van der Waals surface area (Å²) in [6.45, 7) is 0. The number of halogens is 2. The summed E-state index contributed by atoms with van der Waals surface area (Å²) in [5, 5.41) is 10.0. The van der Waals surface area contributed by atoms with Gasteiger partial charge in [-0.25, -0.2) is 4.39 Å². The van der Waals surface area contributed by atoms with Crippen LogP contribution in [0.2, 0.25) is 0 Å². The Hall–Kier alpha value is -1.94. The van der Waals surface area contributed by atoms with Gasteiger partial charge in [-0.1, -0.05) is 30.3 Å². The number of rotatable bonds is 4. The van der Waals surface area contributed by atoms with E-state index >= 15 is 0 Å². The molecule has 2 aromatic carbocycles. The quantitative estimate of drug-likeness (QED) is 0.477. The second-order valence-electron chi connectivity index (χ2n) is 4.12. The number of non-ortho nitro benzene ring substituents is 1. The molecule has 1 unspecified atom stereocenters. The SMILES string of the molecule is O=[N+]([O-])c1ccc(CC(Cl)c2ccccc2F)cc1. The Morgan fingerprint density at radius 1 is 1.16 bits per heavy atom. The lowest BCUT2D eigenvalue weighted by Crippen LogP contribution is -1.99. The van der Waals surface area contributed by atoms with E-state index in [1.165, 1.54) is 18.2 Å². The highest BCUT2D eigenvalue weighted by Crippen LogP contribution is 2.27. The van der Waals surface area contributed by atoms with Crippen molar-refractivity contribution in [2.45, 2.75) is 11.8 Å². The van der Waals surface area contributed by atoms with E-state index in [9.17, 15) is 14.5 Å². The third kappa shape index (κ3) is 3.29. The highest BCUT2D eigenvalue weighted by molar-refractivity contribution is 6.20. The fourth-order valence-corrected chi connectivity index (χ4v) is 2.15. The van der Waals surface area contributed by atoms with Crippen LogP contribution in [0, 0.1) is 15.9 Å². The number of alkyl halides is 1. The van der Waals surface area contributed by atoms with Crippen molar-refractivity contribution in [1.82, 2.24) is 0 Å². The molecule has 2 rings (SSSR count). The van der Waals surface area contributed by atoms with Crippen LogP contribution in [0.1, 0.15) is 16.5 Å². The first-order chi connectivity index (χ1) is 9.08. The Bertz CT molecular complexity index is 586. The normalized spacial score (nSPS) is 12.1. The topological polar surface area (TPSA) is 43.1 Å². The molecule has 0 amide bonds. The predicted octanol–water partition coefficient (Wildman–Crippen LogP) is 4.26. The maximum absolute atomic E-state index is 13.5. The van der Waals surface area contributed by atoms with Crippen LogP contribution in [0.25, 0.3) is 0 Å². The molecule has 0 radical (unpaired) electrons. The lowest BCUT2D eigenvalue weighted by molar-refractivity contribution is -0.384. The molecule has 5 heteroatoms. The minimum absolute atomic E-state index is 0.0285. The molecule has 0 heterocycles. The van der Waals surface area contributed by atoms with Crippen LogP contribution < -0.4 is 0 Å². The first-order valence-electron chi connectivity index (χ1n) is 5.70. The average Bonchev–Trinajstić information content (AvgIpc) is 2.39. The highest BCUT2D eigenvalue weighted by atomic mass is 35.5. The maximum Gasteiger partial charge on any atom is 0.269 e. The fraction of sp³-hybridized carbons (Fsp3) is 0.143. The monoisotopic (exact) mass is 279 g/mol.